The first-order chi connectivity index (χ1) is 16.3. The van der Waals surface area contributed by atoms with Crippen LogP contribution in [0.4, 0.5) is 0 Å². The molecule has 0 aliphatic carbocycles. The van der Waals surface area contributed by atoms with Gasteiger partial charge in [-0.05, 0) is 62.4 Å². The molecule has 1 N–H and O–H groups in total. The van der Waals surface area contributed by atoms with Gasteiger partial charge < -0.3 is 14.4 Å². The van der Waals surface area contributed by atoms with Crippen LogP contribution in [0, 0.1) is 6.92 Å². The molecule has 0 aliphatic rings. The summed E-state index contributed by atoms with van der Waals surface area (Å²) < 4.78 is 36.7. The van der Waals surface area contributed by atoms with Crippen LogP contribution in [0.5, 0.6) is 5.75 Å². The molecular formula is C26H25N3O4S. The number of fused-ring (bicyclic) bond motifs is 2. The minimum absolute atomic E-state index is 0.166. The van der Waals surface area contributed by atoms with E-state index >= 15 is 0 Å². The second-order valence-electron chi connectivity index (χ2n) is 8.52. The lowest BCUT2D eigenvalue weighted by molar-refractivity contribution is 0.123. The average molecular weight is 476 g/mol. The highest BCUT2D eigenvalue weighted by molar-refractivity contribution is 7.90. The fourth-order valence-electron chi connectivity index (χ4n) is 4.14. The predicted octanol–water partition coefficient (Wildman–Crippen LogP) is 4.50. The number of hydrogen-bond donors (Lipinski definition) is 1. The molecule has 0 saturated heterocycles. The minimum Gasteiger partial charge on any atom is -0.491 e. The van der Waals surface area contributed by atoms with Crippen molar-refractivity contribution in [2.24, 2.45) is 7.05 Å². The summed E-state index contributed by atoms with van der Waals surface area (Å²) in [5.74, 6) is 0.600. The standard InChI is InChI=1S/C26H25N3O4S/c1-17-6-9-21(10-7-17)34(31,32)29-25(13-19-5-4-12-27-26(19)29)23-15-28(3)24-11-8-20(14-22(23)24)33-16-18(2)30/h4-15,18,30H,16H2,1-3H3. The number of nitrogens with zero attached hydrogens (tertiary/aromatic N) is 3. The Morgan fingerprint density at radius 1 is 1.09 bits per heavy atom. The Balaban J connectivity index is 1.77. The Morgan fingerprint density at radius 3 is 2.59 bits per heavy atom. The summed E-state index contributed by atoms with van der Waals surface area (Å²) in [6.07, 6.45) is 2.91. The maximum absolute atomic E-state index is 13.9. The van der Waals surface area contributed by atoms with Gasteiger partial charge in [-0.2, -0.15) is 0 Å². The van der Waals surface area contributed by atoms with Gasteiger partial charge in [0, 0.05) is 41.3 Å². The van der Waals surface area contributed by atoms with E-state index < -0.39 is 16.1 Å². The molecule has 0 spiro atoms. The van der Waals surface area contributed by atoms with E-state index in [0.717, 1.165) is 27.4 Å². The predicted molar refractivity (Wildman–Crippen MR) is 133 cm³/mol. The summed E-state index contributed by atoms with van der Waals surface area (Å²) in [5.41, 5.74) is 3.54. The van der Waals surface area contributed by atoms with Crippen molar-refractivity contribution in [2.75, 3.05) is 6.61 Å². The largest absolute Gasteiger partial charge is 0.491 e. The lowest BCUT2D eigenvalue weighted by atomic mass is 10.1. The van der Waals surface area contributed by atoms with Gasteiger partial charge in [-0.3, -0.25) is 0 Å². The first kappa shape index (κ1) is 22.2. The van der Waals surface area contributed by atoms with Crippen molar-refractivity contribution >= 4 is 32.0 Å². The van der Waals surface area contributed by atoms with E-state index in [4.69, 9.17) is 4.74 Å². The van der Waals surface area contributed by atoms with E-state index in [2.05, 4.69) is 4.98 Å². The molecule has 1 atom stereocenters. The zero-order valence-electron chi connectivity index (χ0n) is 19.1. The van der Waals surface area contributed by atoms with E-state index in [-0.39, 0.29) is 11.5 Å². The smallest absolute Gasteiger partial charge is 0.269 e. The molecule has 34 heavy (non-hydrogen) atoms. The molecule has 1 unspecified atom stereocenters. The van der Waals surface area contributed by atoms with Crippen molar-refractivity contribution in [1.82, 2.24) is 13.5 Å². The zero-order valence-corrected chi connectivity index (χ0v) is 20.0. The normalized spacial score (nSPS) is 12.9. The highest BCUT2D eigenvalue weighted by Gasteiger charge is 2.26. The number of aryl methyl sites for hydroxylation is 2. The van der Waals surface area contributed by atoms with Crippen LogP contribution in [0.2, 0.25) is 0 Å². The summed E-state index contributed by atoms with van der Waals surface area (Å²) in [6, 6.07) is 18.0. The SMILES string of the molecule is Cc1ccc(S(=O)(=O)n2c(-c3cn(C)c4ccc(OCC(C)O)cc34)cc3cccnc32)cc1. The number of aromatic nitrogens is 3. The third-order valence-corrected chi connectivity index (χ3v) is 7.53. The van der Waals surface area contributed by atoms with Crippen molar-refractivity contribution in [3.05, 3.63) is 78.6 Å². The maximum Gasteiger partial charge on any atom is 0.269 e. The average Bonchev–Trinajstić information content (AvgIpc) is 3.36. The van der Waals surface area contributed by atoms with Gasteiger partial charge in [0.2, 0.25) is 0 Å². The van der Waals surface area contributed by atoms with Crippen LogP contribution in [0.3, 0.4) is 0 Å². The highest BCUT2D eigenvalue weighted by Crippen LogP contribution is 2.37. The minimum atomic E-state index is -3.93. The van der Waals surface area contributed by atoms with E-state index in [1.165, 1.54) is 3.97 Å². The van der Waals surface area contributed by atoms with Crippen LogP contribution >= 0.6 is 0 Å². The molecular weight excluding hydrogens is 450 g/mol. The monoisotopic (exact) mass is 475 g/mol. The van der Waals surface area contributed by atoms with Crippen molar-refractivity contribution in [1.29, 1.82) is 0 Å². The van der Waals surface area contributed by atoms with E-state index in [0.29, 0.717) is 17.1 Å². The van der Waals surface area contributed by atoms with Gasteiger partial charge in [0.25, 0.3) is 10.0 Å². The molecule has 0 bridgehead atoms. The van der Waals surface area contributed by atoms with Crippen LogP contribution in [-0.4, -0.2) is 39.8 Å². The van der Waals surface area contributed by atoms with Crippen molar-refractivity contribution in [2.45, 2.75) is 24.8 Å². The molecule has 0 fully saturated rings. The number of ether oxygens (including phenoxy) is 1. The Bertz CT molecular complexity index is 1610. The molecule has 7 nitrogen and oxygen atoms in total. The Labute approximate surface area is 197 Å². The molecule has 0 saturated carbocycles. The second-order valence-corrected chi connectivity index (χ2v) is 10.3. The van der Waals surface area contributed by atoms with Crippen LogP contribution in [0.15, 0.2) is 78.0 Å². The van der Waals surface area contributed by atoms with E-state index in [9.17, 15) is 13.5 Å². The molecule has 3 aromatic heterocycles. The topological polar surface area (TPSA) is 86.4 Å². The molecule has 0 amide bonds. The summed E-state index contributed by atoms with van der Waals surface area (Å²) in [7, 11) is -2.01. The first-order valence-corrected chi connectivity index (χ1v) is 12.4. The van der Waals surface area contributed by atoms with Crippen LogP contribution in [0.25, 0.3) is 33.2 Å². The zero-order chi connectivity index (χ0) is 24.0. The maximum atomic E-state index is 13.9. The number of pyridine rings is 1. The first-order valence-electron chi connectivity index (χ1n) is 10.9. The summed E-state index contributed by atoms with van der Waals surface area (Å²) >= 11 is 0. The van der Waals surface area contributed by atoms with Crippen molar-refractivity contribution < 1.29 is 18.3 Å². The van der Waals surface area contributed by atoms with Gasteiger partial charge in [-0.1, -0.05) is 17.7 Å². The quantitative estimate of drug-likeness (QED) is 0.391. The Kier molecular flexibility index (Phi) is 5.42. The van der Waals surface area contributed by atoms with Gasteiger partial charge in [0.15, 0.2) is 5.65 Å². The molecule has 2 aromatic carbocycles. The number of aliphatic hydroxyl groups is 1. The molecule has 5 aromatic rings. The lowest BCUT2D eigenvalue weighted by Crippen LogP contribution is -2.14. The van der Waals surface area contributed by atoms with Gasteiger partial charge in [-0.15, -0.1) is 0 Å². The fraction of sp³-hybridized carbons (Fsp3) is 0.192. The van der Waals surface area contributed by atoms with E-state index in [1.807, 2.05) is 55.1 Å². The summed E-state index contributed by atoms with van der Waals surface area (Å²) in [6.45, 7) is 3.75. The number of rotatable bonds is 6. The molecule has 3 heterocycles. The van der Waals surface area contributed by atoms with Gasteiger partial charge >= 0.3 is 0 Å². The number of hydrogen-bond acceptors (Lipinski definition) is 5. The van der Waals surface area contributed by atoms with Crippen molar-refractivity contribution in [3.63, 3.8) is 0 Å². The van der Waals surface area contributed by atoms with Crippen LogP contribution in [-0.2, 0) is 17.1 Å². The molecule has 174 valence electrons. The highest BCUT2D eigenvalue weighted by atomic mass is 32.2. The number of aliphatic hydroxyl groups excluding tert-OH is 1. The van der Waals surface area contributed by atoms with Crippen LogP contribution < -0.4 is 4.74 Å². The third-order valence-electron chi connectivity index (χ3n) is 5.81. The molecule has 0 radical (unpaired) electrons. The Morgan fingerprint density at radius 2 is 1.85 bits per heavy atom. The van der Waals surface area contributed by atoms with Crippen LogP contribution in [0.1, 0.15) is 12.5 Å². The third kappa shape index (κ3) is 3.74. The van der Waals surface area contributed by atoms with Gasteiger partial charge in [0.1, 0.15) is 12.4 Å². The second kappa shape index (κ2) is 8.30. The molecule has 0 aliphatic heterocycles. The Hall–Kier alpha value is -3.62. The number of benzene rings is 2. The van der Waals surface area contributed by atoms with Gasteiger partial charge in [-0.25, -0.2) is 17.4 Å². The molecule has 5 rings (SSSR count). The molecule has 8 heteroatoms. The summed E-state index contributed by atoms with van der Waals surface area (Å²) in [5, 5.41) is 11.2. The van der Waals surface area contributed by atoms with Gasteiger partial charge in [0.05, 0.1) is 16.7 Å². The summed E-state index contributed by atoms with van der Waals surface area (Å²) in [4.78, 5) is 4.61. The fourth-order valence-corrected chi connectivity index (χ4v) is 5.62. The van der Waals surface area contributed by atoms with Crippen molar-refractivity contribution in [3.8, 4) is 17.0 Å². The lowest BCUT2D eigenvalue weighted by Gasteiger charge is -2.12. The van der Waals surface area contributed by atoms with E-state index in [1.54, 1.807) is 43.5 Å².